The lowest BCUT2D eigenvalue weighted by molar-refractivity contribution is 0.471. The van der Waals surface area contributed by atoms with E-state index in [1.165, 1.54) is 0 Å². The van der Waals surface area contributed by atoms with Crippen LogP contribution in [0.5, 0.6) is 11.5 Å². The molecule has 2 heterocycles. The van der Waals surface area contributed by atoms with Gasteiger partial charge in [0.25, 0.3) is 0 Å². The van der Waals surface area contributed by atoms with Crippen molar-refractivity contribution < 1.29 is 4.74 Å². The Labute approximate surface area is 107 Å². The summed E-state index contributed by atoms with van der Waals surface area (Å²) in [6.45, 7) is 5.55. The van der Waals surface area contributed by atoms with E-state index in [0.717, 1.165) is 35.8 Å². The highest BCUT2D eigenvalue weighted by molar-refractivity contribution is 5.36. The molecule has 0 aliphatic carbocycles. The van der Waals surface area contributed by atoms with E-state index in [2.05, 4.69) is 15.4 Å². The summed E-state index contributed by atoms with van der Waals surface area (Å²) in [4.78, 5) is 4.28. The molecule has 0 saturated heterocycles. The van der Waals surface area contributed by atoms with Crippen molar-refractivity contribution in [3.05, 3.63) is 35.9 Å². The number of hydrogen-bond acceptors (Lipinski definition) is 4. The monoisotopic (exact) mass is 246 g/mol. The van der Waals surface area contributed by atoms with E-state index in [9.17, 15) is 0 Å². The first-order valence-corrected chi connectivity index (χ1v) is 6.03. The molecule has 0 aromatic carbocycles. The van der Waals surface area contributed by atoms with Gasteiger partial charge in [-0.25, -0.2) is 0 Å². The van der Waals surface area contributed by atoms with Gasteiger partial charge in [-0.15, -0.1) is 0 Å². The Morgan fingerprint density at radius 3 is 2.89 bits per heavy atom. The molecular weight excluding hydrogens is 228 g/mol. The van der Waals surface area contributed by atoms with Gasteiger partial charge in [0.15, 0.2) is 5.75 Å². The molecule has 0 amide bonds. The average Bonchev–Trinajstić information content (AvgIpc) is 2.80. The lowest BCUT2D eigenvalue weighted by Gasteiger charge is -2.09. The van der Waals surface area contributed by atoms with Gasteiger partial charge in [0, 0.05) is 36.6 Å². The molecule has 5 heteroatoms. The van der Waals surface area contributed by atoms with Gasteiger partial charge in [0.2, 0.25) is 0 Å². The fourth-order valence-corrected chi connectivity index (χ4v) is 1.68. The highest BCUT2D eigenvalue weighted by atomic mass is 16.5. The number of nitrogens with one attached hydrogen (secondary N) is 1. The number of ether oxygens (including phenoxy) is 1. The number of hydrogen-bond donors (Lipinski definition) is 1. The zero-order chi connectivity index (χ0) is 13.0. The van der Waals surface area contributed by atoms with E-state index >= 15 is 0 Å². The van der Waals surface area contributed by atoms with Crippen LogP contribution in [-0.2, 0) is 13.1 Å². The van der Waals surface area contributed by atoms with E-state index < -0.39 is 0 Å². The van der Waals surface area contributed by atoms with Crippen molar-refractivity contribution in [2.45, 2.75) is 26.9 Å². The van der Waals surface area contributed by atoms with Crippen LogP contribution in [0.1, 0.15) is 18.2 Å². The van der Waals surface area contributed by atoms with Gasteiger partial charge >= 0.3 is 0 Å². The molecule has 5 nitrogen and oxygen atoms in total. The molecule has 0 fully saturated rings. The van der Waals surface area contributed by atoms with Crippen LogP contribution in [0, 0.1) is 6.92 Å². The third-order valence-electron chi connectivity index (χ3n) is 2.61. The van der Waals surface area contributed by atoms with Crippen molar-refractivity contribution in [2.75, 3.05) is 7.05 Å². The summed E-state index contributed by atoms with van der Waals surface area (Å²) in [5, 5.41) is 7.29. The fraction of sp³-hybridized carbons (Fsp3) is 0.385. The van der Waals surface area contributed by atoms with Gasteiger partial charge in [0.1, 0.15) is 5.75 Å². The topological polar surface area (TPSA) is 52.0 Å². The Morgan fingerprint density at radius 1 is 1.39 bits per heavy atom. The molecule has 2 aromatic rings. The normalized spacial score (nSPS) is 10.6. The minimum atomic E-state index is 0.727. The summed E-state index contributed by atoms with van der Waals surface area (Å²) in [5.41, 5.74) is 1.97. The van der Waals surface area contributed by atoms with Gasteiger partial charge < -0.3 is 10.1 Å². The summed E-state index contributed by atoms with van der Waals surface area (Å²) in [6.07, 6.45) is 5.45. The summed E-state index contributed by atoms with van der Waals surface area (Å²) in [6, 6.07) is 1.94. The molecule has 0 atom stereocenters. The van der Waals surface area contributed by atoms with E-state index in [4.69, 9.17) is 4.74 Å². The van der Waals surface area contributed by atoms with Crippen molar-refractivity contribution in [3.63, 3.8) is 0 Å². The van der Waals surface area contributed by atoms with Gasteiger partial charge in [-0.2, -0.15) is 5.10 Å². The summed E-state index contributed by atoms with van der Waals surface area (Å²) in [7, 11) is 1.90. The first-order valence-electron chi connectivity index (χ1n) is 6.03. The van der Waals surface area contributed by atoms with Crippen LogP contribution >= 0.6 is 0 Å². The van der Waals surface area contributed by atoms with Crippen LogP contribution in [0.15, 0.2) is 24.7 Å². The maximum absolute atomic E-state index is 5.86. The Kier molecular flexibility index (Phi) is 3.94. The predicted molar refractivity (Wildman–Crippen MR) is 69.7 cm³/mol. The molecule has 0 unspecified atom stereocenters. The smallest absolute Gasteiger partial charge is 0.165 e. The standard InChI is InChI=1S/C13H18N4O/c1-4-17-9-12(8-16-17)18-13-5-10(2)15-7-11(13)6-14-3/h5,7-9,14H,4,6H2,1-3H3. The van der Waals surface area contributed by atoms with Crippen molar-refractivity contribution in [1.29, 1.82) is 0 Å². The second-order valence-electron chi connectivity index (χ2n) is 4.10. The SMILES string of the molecule is CCn1cc(Oc2cc(C)ncc2CNC)cn1. The molecule has 0 bridgehead atoms. The largest absolute Gasteiger partial charge is 0.454 e. The Hall–Kier alpha value is -1.88. The van der Waals surface area contributed by atoms with Crippen LogP contribution in [0.3, 0.4) is 0 Å². The molecule has 0 saturated carbocycles. The molecule has 1 N–H and O–H groups in total. The fourth-order valence-electron chi connectivity index (χ4n) is 1.68. The Morgan fingerprint density at radius 2 is 2.22 bits per heavy atom. The summed E-state index contributed by atoms with van der Waals surface area (Å²) in [5.74, 6) is 1.58. The number of pyridine rings is 1. The molecule has 0 radical (unpaired) electrons. The molecule has 0 aliphatic rings. The minimum Gasteiger partial charge on any atom is -0.454 e. The summed E-state index contributed by atoms with van der Waals surface area (Å²) < 4.78 is 7.70. The maximum Gasteiger partial charge on any atom is 0.165 e. The average molecular weight is 246 g/mol. The molecular formula is C13H18N4O. The second-order valence-corrected chi connectivity index (χ2v) is 4.10. The van der Waals surface area contributed by atoms with Gasteiger partial charge in [-0.05, 0) is 20.9 Å². The maximum atomic E-state index is 5.86. The van der Waals surface area contributed by atoms with Crippen LogP contribution in [0.25, 0.3) is 0 Å². The zero-order valence-corrected chi connectivity index (χ0v) is 11.0. The van der Waals surface area contributed by atoms with Crippen molar-refractivity contribution >= 4 is 0 Å². The molecule has 2 rings (SSSR count). The minimum absolute atomic E-state index is 0.727. The van der Waals surface area contributed by atoms with Gasteiger partial charge in [-0.1, -0.05) is 0 Å². The first-order chi connectivity index (χ1) is 8.72. The van der Waals surface area contributed by atoms with Gasteiger partial charge in [0.05, 0.1) is 12.4 Å². The third kappa shape index (κ3) is 2.87. The zero-order valence-electron chi connectivity index (χ0n) is 11.0. The van der Waals surface area contributed by atoms with Crippen molar-refractivity contribution in [2.24, 2.45) is 0 Å². The lowest BCUT2D eigenvalue weighted by Crippen LogP contribution is -2.07. The second kappa shape index (κ2) is 5.64. The van der Waals surface area contributed by atoms with E-state index in [0.29, 0.717) is 0 Å². The number of aryl methyl sites for hydroxylation is 2. The molecule has 0 spiro atoms. The Bertz CT molecular complexity index is 521. The Balaban J connectivity index is 2.23. The number of nitrogens with zero attached hydrogens (tertiary/aromatic N) is 3. The third-order valence-corrected chi connectivity index (χ3v) is 2.61. The van der Waals surface area contributed by atoms with Crippen molar-refractivity contribution in [3.8, 4) is 11.5 Å². The van der Waals surface area contributed by atoms with Crippen molar-refractivity contribution in [1.82, 2.24) is 20.1 Å². The molecule has 18 heavy (non-hydrogen) atoms. The molecule has 2 aromatic heterocycles. The number of aromatic nitrogens is 3. The first kappa shape index (κ1) is 12.6. The lowest BCUT2D eigenvalue weighted by atomic mass is 10.2. The highest BCUT2D eigenvalue weighted by Gasteiger charge is 2.07. The summed E-state index contributed by atoms with van der Waals surface area (Å²) >= 11 is 0. The molecule has 0 aliphatic heterocycles. The van der Waals surface area contributed by atoms with Gasteiger partial charge in [-0.3, -0.25) is 9.67 Å². The quantitative estimate of drug-likeness (QED) is 0.878. The van der Waals surface area contributed by atoms with Crippen LogP contribution in [-0.4, -0.2) is 21.8 Å². The predicted octanol–water partition coefficient (Wildman–Crippen LogP) is 2.12. The highest BCUT2D eigenvalue weighted by Crippen LogP contribution is 2.25. The van der Waals surface area contributed by atoms with E-state index in [1.54, 1.807) is 6.20 Å². The number of rotatable bonds is 5. The molecule has 96 valence electrons. The van der Waals surface area contributed by atoms with Crippen LogP contribution in [0.4, 0.5) is 0 Å². The van der Waals surface area contributed by atoms with Crippen LogP contribution < -0.4 is 10.1 Å². The van der Waals surface area contributed by atoms with Crippen LogP contribution in [0.2, 0.25) is 0 Å². The van der Waals surface area contributed by atoms with E-state index in [-0.39, 0.29) is 0 Å². The van der Waals surface area contributed by atoms with E-state index in [1.807, 2.05) is 44.0 Å².